The van der Waals surface area contributed by atoms with Crippen molar-refractivity contribution in [2.45, 2.75) is 0 Å². The number of carboxylic acid groups (broad SMARTS) is 1. The van der Waals surface area contributed by atoms with Crippen molar-refractivity contribution in [3.63, 3.8) is 0 Å². The molecule has 0 atom stereocenters. The molecule has 0 saturated carbocycles. The predicted octanol–water partition coefficient (Wildman–Crippen LogP) is 3.28. The molecule has 27 heavy (non-hydrogen) atoms. The Hall–Kier alpha value is -3.16. The number of nitrogens with one attached hydrogen (secondary N) is 2. The zero-order valence-electron chi connectivity index (χ0n) is 13.8. The highest BCUT2D eigenvalue weighted by atomic mass is 35.5. The normalized spacial score (nSPS) is 10.7. The first-order valence-corrected chi connectivity index (χ1v) is 8.58. The molecule has 2 N–H and O–H groups in total. The molecule has 3 aromatic rings. The molecule has 2 aromatic carbocycles. The molecule has 0 fully saturated rings. The van der Waals surface area contributed by atoms with E-state index in [-0.39, 0.29) is 5.56 Å². The lowest BCUT2D eigenvalue weighted by atomic mass is 10.1. The van der Waals surface area contributed by atoms with E-state index in [1.807, 2.05) is 30.3 Å². The molecular formula is C19H13ClN3O3S-. The van der Waals surface area contributed by atoms with Gasteiger partial charge in [0.2, 0.25) is 0 Å². The van der Waals surface area contributed by atoms with Crippen molar-refractivity contribution in [1.82, 2.24) is 5.43 Å². The number of benzene rings is 2. The SMILES string of the molecule is O=C([O-])c1ccc(Cl)c(-c2ccc(/C=N\NC(=S)Nc3ccccc3)o2)c1. The summed E-state index contributed by atoms with van der Waals surface area (Å²) in [5.41, 5.74) is 3.99. The first-order valence-electron chi connectivity index (χ1n) is 7.79. The van der Waals surface area contributed by atoms with Gasteiger partial charge in [-0.05, 0) is 54.2 Å². The lowest BCUT2D eigenvalue weighted by Crippen LogP contribution is -2.23. The number of nitrogens with zero attached hydrogens (tertiary/aromatic N) is 1. The minimum atomic E-state index is -1.29. The lowest BCUT2D eigenvalue weighted by molar-refractivity contribution is -0.255. The number of carbonyl (C=O) groups is 1. The van der Waals surface area contributed by atoms with Crippen LogP contribution in [-0.4, -0.2) is 17.3 Å². The van der Waals surface area contributed by atoms with Crippen LogP contribution >= 0.6 is 23.8 Å². The molecule has 8 heteroatoms. The minimum absolute atomic E-state index is 0.0139. The van der Waals surface area contributed by atoms with Gasteiger partial charge in [0.1, 0.15) is 11.5 Å². The highest BCUT2D eigenvalue weighted by molar-refractivity contribution is 7.80. The van der Waals surface area contributed by atoms with Crippen LogP contribution in [0, 0.1) is 0 Å². The maximum Gasteiger partial charge on any atom is 0.191 e. The standard InChI is InChI=1S/C19H14ClN3O3S/c20-16-8-6-12(18(24)25)10-15(16)17-9-7-14(26-17)11-21-23-19(27)22-13-4-2-1-3-5-13/h1-11H,(H,24,25)(H2,22,23,27)/p-1/b21-11-. The number of halogens is 1. The fraction of sp³-hybridized carbons (Fsp3) is 0. The van der Waals surface area contributed by atoms with Crippen LogP contribution in [-0.2, 0) is 0 Å². The minimum Gasteiger partial charge on any atom is -0.545 e. The van der Waals surface area contributed by atoms with Crippen LogP contribution in [0.4, 0.5) is 5.69 Å². The van der Waals surface area contributed by atoms with Crippen LogP contribution in [0.25, 0.3) is 11.3 Å². The molecule has 1 heterocycles. The Morgan fingerprint density at radius 2 is 1.93 bits per heavy atom. The first kappa shape index (κ1) is 18.6. The van der Waals surface area contributed by atoms with Crippen LogP contribution in [0.15, 0.2) is 70.2 Å². The first-order chi connectivity index (χ1) is 13.0. The van der Waals surface area contributed by atoms with Gasteiger partial charge in [0.25, 0.3) is 0 Å². The molecule has 0 amide bonds. The molecule has 0 aliphatic carbocycles. The highest BCUT2D eigenvalue weighted by Gasteiger charge is 2.09. The van der Waals surface area contributed by atoms with Crippen molar-refractivity contribution in [2.75, 3.05) is 5.32 Å². The molecular weight excluding hydrogens is 386 g/mol. The number of aromatic carboxylic acids is 1. The summed E-state index contributed by atoms with van der Waals surface area (Å²) in [7, 11) is 0. The zero-order valence-corrected chi connectivity index (χ0v) is 15.4. The fourth-order valence-electron chi connectivity index (χ4n) is 2.24. The Kier molecular flexibility index (Phi) is 5.85. The number of carboxylic acids is 1. The Morgan fingerprint density at radius 1 is 1.15 bits per heavy atom. The predicted molar refractivity (Wildman–Crippen MR) is 107 cm³/mol. The number of furan rings is 1. The number of thiocarbonyl (C=S) groups is 1. The van der Waals surface area contributed by atoms with Gasteiger partial charge >= 0.3 is 0 Å². The average molecular weight is 399 g/mol. The van der Waals surface area contributed by atoms with Crippen LogP contribution in [0.3, 0.4) is 0 Å². The van der Waals surface area contributed by atoms with Crippen LogP contribution in [0.2, 0.25) is 5.02 Å². The topological polar surface area (TPSA) is 89.7 Å². The van der Waals surface area contributed by atoms with Gasteiger partial charge in [0.15, 0.2) is 5.11 Å². The third-order valence-corrected chi connectivity index (χ3v) is 4.01. The monoisotopic (exact) mass is 398 g/mol. The Labute approximate surface area is 165 Å². The maximum atomic E-state index is 11.0. The van der Waals surface area contributed by atoms with Crippen molar-refractivity contribution in [3.8, 4) is 11.3 Å². The van der Waals surface area contributed by atoms with Crippen molar-refractivity contribution < 1.29 is 14.3 Å². The third kappa shape index (κ3) is 4.93. The largest absolute Gasteiger partial charge is 0.545 e. The van der Waals surface area contributed by atoms with E-state index < -0.39 is 5.97 Å². The number of carbonyl (C=O) groups excluding carboxylic acids is 1. The maximum absolute atomic E-state index is 11.0. The number of hydrazone groups is 1. The van der Waals surface area contributed by atoms with Crippen molar-refractivity contribution in [2.24, 2.45) is 5.10 Å². The number of para-hydroxylation sites is 1. The Balaban J connectivity index is 1.66. The molecule has 0 bridgehead atoms. The van der Waals surface area contributed by atoms with Gasteiger partial charge in [0.05, 0.1) is 17.2 Å². The fourth-order valence-corrected chi connectivity index (χ4v) is 2.62. The molecule has 0 radical (unpaired) electrons. The number of hydrogen-bond donors (Lipinski definition) is 2. The quantitative estimate of drug-likeness (QED) is 0.389. The molecule has 6 nitrogen and oxygen atoms in total. The molecule has 136 valence electrons. The molecule has 0 unspecified atom stereocenters. The van der Waals surface area contributed by atoms with Gasteiger partial charge in [-0.2, -0.15) is 5.10 Å². The number of hydrogen-bond acceptors (Lipinski definition) is 5. The zero-order chi connectivity index (χ0) is 19.2. The molecule has 0 saturated heterocycles. The van der Waals surface area contributed by atoms with E-state index in [4.69, 9.17) is 28.2 Å². The highest BCUT2D eigenvalue weighted by Crippen LogP contribution is 2.30. The summed E-state index contributed by atoms with van der Waals surface area (Å²) in [6.07, 6.45) is 1.44. The van der Waals surface area contributed by atoms with Gasteiger partial charge in [0, 0.05) is 11.3 Å². The van der Waals surface area contributed by atoms with E-state index >= 15 is 0 Å². The molecule has 0 spiro atoms. The summed E-state index contributed by atoms with van der Waals surface area (Å²) in [5, 5.41) is 18.7. The van der Waals surface area contributed by atoms with Gasteiger partial charge in [-0.15, -0.1) is 0 Å². The van der Waals surface area contributed by atoms with Crippen LogP contribution in [0.5, 0.6) is 0 Å². The van der Waals surface area contributed by atoms with E-state index in [0.29, 0.717) is 27.2 Å². The number of rotatable bonds is 5. The van der Waals surface area contributed by atoms with E-state index in [9.17, 15) is 9.90 Å². The summed E-state index contributed by atoms with van der Waals surface area (Å²) >= 11 is 11.3. The smallest absolute Gasteiger partial charge is 0.191 e. The van der Waals surface area contributed by atoms with Gasteiger partial charge in [-0.25, -0.2) is 0 Å². The van der Waals surface area contributed by atoms with Gasteiger partial charge < -0.3 is 19.6 Å². The summed E-state index contributed by atoms with van der Waals surface area (Å²) in [4.78, 5) is 11.0. The van der Waals surface area contributed by atoms with Crippen LogP contribution < -0.4 is 15.8 Å². The summed E-state index contributed by atoms with van der Waals surface area (Å²) in [5.74, 6) is -0.436. The van der Waals surface area contributed by atoms with Crippen LogP contribution in [0.1, 0.15) is 16.1 Å². The Bertz CT molecular complexity index is 1000. The van der Waals surface area contributed by atoms with E-state index in [1.54, 1.807) is 12.1 Å². The number of anilines is 1. The molecule has 0 aliphatic rings. The van der Waals surface area contributed by atoms with E-state index in [0.717, 1.165) is 5.69 Å². The summed E-state index contributed by atoms with van der Waals surface area (Å²) in [6.45, 7) is 0. The van der Waals surface area contributed by atoms with E-state index in [2.05, 4.69) is 15.8 Å². The molecule has 3 rings (SSSR count). The van der Waals surface area contributed by atoms with Crippen molar-refractivity contribution >= 4 is 46.8 Å². The van der Waals surface area contributed by atoms with Gasteiger partial charge in [-0.3, -0.25) is 5.43 Å². The summed E-state index contributed by atoms with van der Waals surface area (Å²) in [6, 6.07) is 17.0. The lowest BCUT2D eigenvalue weighted by Gasteiger charge is -2.06. The molecule has 1 aromatic heterocycles. The van der Waals surface area contributed by atoms with E-state index in [1.165, 1.54) is 24.4 Å². The van der Waals surface area contributed by atoms with Crippen molar-refractivity contribution in [3.05, 3.63) is 77.0 Å². The second kappa shape index (κ2) is 8.48. The van der Waals surface area contributed by atoms with Crippen molar-refractivity contribution in [1.29, 1.82) is 0 Å². The third-order valence-electron chi connectivity index (χ3n) is 3.48. The summed E-state index contributed by atoms with van der Waals surface area (Å²) < 4.78 is 5.63. The Morgan fingerprint density at radius 3 is 2.67 bits per heavy atom. The molecule has 0 aliphatic heterocycles. The average Bonchev–Trinajstić information content (AvgIpc) is 3.11. The second-order valence-electron chi connectivity index (χ2n) is 5.37. The van der Waals surface area contributed by atoms with Gasteiger partial charge in [-0.1, -0.05) is 35.9 Å². The second-order valence-corrected chi connectivity index (χ2v) is 6.19.